The number of fused-ring (bicyclic) bond motifs is 1. The molecule has 0 spiro atoms. The van der Waals surface area contributed by atoms with Crippen LogP contribution in [-0.4, -0.2) is 43.6 Å². The number of para-hydroxylation sites is 1. The molecule has 0 aliphatic carbocycles. The quantitative estimate of drug-likeness (QED) is 0.300. The molecule has 0 saturated carbocycles. The number of esters is 1. The summed E-state index contributed by atoms with van der Waals surface area (Å²) >= 11 is 1.69. The van der Waals surface area contributed by atoms with Crippen LogP contribution in [0, 0.1) is 0 Å². The molecule has 1 aliphatic rings. The third-order valence-corrected chi connectivity index (χ3v) is 4.90. The lowest BCUT2D eigenvalue weighted by Crippen LogP contribution is -2.24. The standard InChI is InChI=1S/C20H21NO5S/c1-14(22)17(11-15-5-3-7-18-19(15)26-13-25-18)20(23)24-9-8-21(2)12-16-6-4-10-27-16/h3-7,10-11H,8-9,12-13H2,1-2H3. The molecular formula is C20H21NO5S. The molecule has 0 N–H and O–H groups in total. The summed E-state index contributed by atoms with van der Waals surface area (Å²) in [6, 6.07) is 9.39. The Morgan fingerprint density at radius 2 is 2.11 bits per heavy atom. The van der Waals surface area contributed by atoms with Gasteiger partial charge >= 0.3 is 5.97 Å². The minimum atomic E-state index is -0.636. The van der Waals surface area contributed by atoms with Crippen molar-refractivity contribution in [3.63, 3.8) is 0 Å². The van der Waals surface area contributed by atoms with E-state index in [1.807, 2.05) is 18.5 Å². The molecule has 7 heteroatoms. The molecule has 27 heavy (non-hydrogen) atoms. The summed E-state index contributed by atoms with van der Waals surface area (Å²) in [7, 11) is 1.96. The van der Waals surface area contributed by atoms with Crippen LogP contribution in [0.25, 0.3) is 6.08 Å². The van der Waals surface area contributed by atoms with E-state index in [0.29, 0.717) is 23.6 Å². The number of ketones is 1. The molecule has 142 valence electrons. The lowest BCUT2D eigenvalue weighted by Gasteiger charge is -2.15. The van der Waals surface area contributed by atoms with E-state index < -0.39 is 5.97 Å². The monoisotopic (exact) mass is 387 g/mol. The van der Waals surface area contributed by atoms with Crippen molar-refractivity contribution in [1.29, 1.82) is 0 Å². The molecule has 0 saturated heterocycles. The molecule has 0 fully saturated rings. The third kappa shape index (κ3) is 4.96. The molecule has 0 amide bonds. The van der Waals surface area contributed by atoms with E-state index in [9.17, 15) is 9.59 Å². The lowest BCUT2D eigenvalue weighted by molar-refractivity contribution is -0.140. The Hall–Kier alpha value is -2.64. The first-order valence-electron chi connectivity index (χ1n) is 8.54. The molecule has 1 aliphatic heterocycles. The highest BCUT2D eigenvalue weighted by atomic mass is 32.1. The highest BCUT2D eigenvalue weighted by Crippen LogP contribution is 2.36. The van der Waals surface area contributed by atoms with Crippen LogP contribution in [0.15, 0.2) is 41.3 Å². The number of hydrogen-bond donors (Lipinski definition) is 0. The number of Topliss-reactive ketones (excluding diaryl/α,β-unsaturated/α-hetero) is 1. The molecular weight excluding hydrogens is 366 g/mol. The zero-order valence-corrected chi connectivity index (χ0v) is 16.1. The van der Waals surface area contributed by atoms with Gasteiger partial charge < -0.3 is 14.2 Å². The van der Waals surface area contributed by atoms with Crippen molar-refractivity contribution in [1.82, 2.24) is 4.90 Å². The van der Waals surface area contributed by atoms with Gasteiger partial charge in [-0.15, -0.1) is 11.3 Å². The Labute approximate surface area is 162 Å². The van der Waals surface area contributed by atoms with Crippen LogP contribution >= 0.6 is 11.3 Å². The highest BCUT2D eigenvalue weighted by molar-refractivity contribution is 7.09. The number of hydrogen-bond acceptors (Lipinski definition) is 7. The molecule has 0 atom stereocenters. The van der Waals surface area contributed by atoms with E-state index in [2.05, 4.69) is 11.0 Å². The Kier molecular flexibility index (Phi) is 6.26. The van der Waals surface area contributed by atoms with Crippen LogP contribution in [0.2, 0.25) is 0 Å². The molecule has 2 aromatic rings. The Bertz CT molecular complexity index is 844. The predicted octanol–water partition coefficient (Wildman–Crippen LogP) is 3.12. The van der Waals surface area contributed by atoms with Gasteiger partial charge in [-0.25, -0.2) is 4.79 Å². The van der Waals surface area contributed by atoms with Crippen LogP contribution in [-0.2, 0) is 20.9 Å². The summed E-state index contributed by atoms with van der Waals surface area (Å²) < 4.78 is 16.0. The van der Waals surface area contributed by atoms with Crippen LogP contribution in [0.5, 0.6) is 11.5 Å². The normalized spacial score (nSPS) is 13.1. The molecule has 3 rings (SSSR count). The van der Waals surface area contributed by atoms with Crippen molar-refractivity contribution >= 4 is 29.2 Å². The van der Waals surface area contributed by atoms with E-state index >= 15 is 0 Å². The van der Waals surface area contributed by atoms with Gasteiger partial charge in [0.15, 0.2) is 17.3 Å². The first-order chi connectivity index (χ1) is 13.0. The van der Waals surface area contributed by atoms with Gasteiger partial charge in [0.05, 0.1) is 0 Å². The van der Waals surface area contributed by atoms with E-state index in [1.165, 1.54) is 17.9 Å². The van der Waals surface area contributed by atoms with Gasteiger partial charge in [-0.3, -0.25) is 9.69 Å². The second-order valence-electron chi connectivity index (χ2n) is 6.15. The fourth-order valence-corrected chi connectivity index (χ4v) is 3.43. The minimum Gasteiger partial charge on any atom is -0.461 e. The summed E-state index contributed by atoms with van der Waals surface area (Å²) in [5.74, 6) is 0.127. The number of ether oxygens (including phenoxy) is 3. The van der Waals surface area contributed by atoms with E-state index in [4.69, 9.17) is 14.2 Å². The molecule has 0 unspecified atom stereocenters. The molecule has 0 bridgehead atoms. The van der Waals surface area contributed by atoms with Crippen molar-refractivity contribution in [2.45, 2.75) is 13.5 Å². The average Bonchev–Trinajstić information content (AvgIpc) is 3.30. The molecule has 1 aromatic heterocycles. The Morgan fingerprint density at radius 1 is 1.26 bits per heavy atom. The summed E-state index contributed by atoms with van der Waals surface area (Å²) in [4.78, 5) is 27.6. The van der Waals surface area contributed by atoms with Crippen LogP contribution in [0.3, 0.4) is 0 Å². The van der Waals surface area contributed by atoms with Gasteiger partial charge in [0.2, 0.25) is 6.79 Å². The SMILES string of the molecule is CC(=O)C(=Cc1cccc2c1OCO2)C(=O)OCCN(C)Cc1cccs1. The van der Waals surface area contributed by atoms with Crippen molar-refractivity contribution in [2.24, 2.45) is 0 Å². The van der Waals surface area contributed by atoms with Gasteiger partial charge in [-0.1, -0.05) is 18.2 Å². The first kappa shape index (κ1) is 19.1. The summed E-state index contributed by atoms with van der Waals surface area (Å²) in [5, 5.41) is 2.03. The second kappa shape index (κ2) is 8.83. The van der Waals surface area contributed by atoms with Gasteiger partial charge in [-0.05, 0) is 37.6 Å². The topological polar surface area (TPSA) is 65.1 Å². The maximum absolute atomic E-state index is 12.4. The first-order valence-corrected chi connectivity index (χ1v) is 9.42. The fraction of sp³-hybridized carbons (Fsp3) is 0.300. The Balaban J connectivity index is 1.61. The van der Waals surface area contributed by atoms with Crippen molar-refractivity contribution in [3.05, 3.63) is 51.7 Å². The highest BCUT2D eigenvalue weighted by Gasteiger charge is 2.21. The number of benzene rings is 1. The van der Waals surface area contributed by atoms with E-state index in [-0.39, 0.29) is 24.8 Å². The van der Waals surface area contributed by atoms with Gasteiger partial charge in [0, 0.05) is 23.5 Å². The smallest absolute Gasteiger partial charge is 0.341 e. The average molecular weight is 387 g/mol. The van der Waals surface area contributed by atoms with Crippen molar-refractivity contribution in [3.8, 4) is 11.5 Å². The number of likely N-dealkylation sites (N-methyl/N-ethyl adjacent to an activating group) is 1. The van der Waals surface area contributed by atoms with Crippen LogP contribution in [0.4, 0.5) is 0 Å². The number of thiophene rings is 1. The van der Waals surface area contributed by atoms with Gasteiger partial charge in [0.25, 0.3) is 0 Å². The lowest BCUT2D eigenvalue weighted by atomic mass is 10.1. The van der Waals surface area contributed by atoms with Gasteiger partial charge in [-0.2, -0.15) is 0 Å². The summed E-state index contributed by atoms with van der Waals surface area (Å²) in [6.07, 6.45) is 1.49. The van der Waals surface area contributed by atoms with Gasteiger partial charge in [0.1, 0.15) is 12.2 Å². The Morgan fingerprint density at radius 3 is 2.85 bits per heavy atom. The zero-order valence-electron chi connectivity index (χ0n) is 15.3. The van der Waals surface area contributed by atoms with Crippen LogP contribution < -0.4 is 9.47 Å². The number of carbonyl (C=O) groups excluding carboxylic acids is 2. The zero-order chi connectivity index (χ0) is 19.2. The maximum Gasteiger partial charge on any atom is 0.341 e. The number of nitrogens with zero attached hydrogens (tertiary/aromatic N) is 1. The molecule has 1 aromatic carbocycles. The van der Waals surface area contributed by atoms with E-state index in [1.54, 1.807) is 29.5 Å². The minimum absolute atomic E-state index is 0.0141. The maximum atomic E-state index is 12.4. The van der Waals surface area contributed by atoms with Crippen LogP contribution in [0.1, 0.15) is 17.4 Å². The summed E-state index contributed by atoms with van der Waals surface area (Å²) in [6.45, 7) is 3.04. The van der Waals surface area contributed by atoms with Crippen molar-refractivity contribution in [2.75, 3.05) is 27.0 Å². The molecule has 6 nitrogen and oxygen atoms in total. The summed E-state index contributed by atoms with van der Waals surface area (Å²) in [5.41, 5.74) is 0.599. The molecule has 0 radical (unpaired) electrons. The number of carbonyl (C=O) groups is 2. The number of rotatable bonds is 8. The second-order valence-corrected chi connectivity index (χ2v) is 7.18. The fourth-order valence-electron chi connectivity index (χ4n) is 2.65. The van der Waals surface area contributed by atoms with Crippen molar-refractivity contribution < 1.29 is 23.8 Å². The largest absolute Gasteiger partial charge is 0.461 e. The van der Waals surface area contributed by atoms with E-state index in [0.717, 1.165) is 6.54 Å². The predicted molar refractivity (Wildman–Crippen MR) is 103 cm³/mol. The molecule has 2 heterocycles. The third-order valence-electron chi connectivity index (χ3n) is 4.04.